The summed E-state index contributed by atoms with van der Waals surface area (Å²) in [6.45, 7) is 3.83. The number of aromatic nitrogens is 2. The fourth-order valence-electron chi connectivity index (χ4n) is 2.85. The van der Waals surface area contributed by atoms with E-state index in [2.05, 4.69) is 17.0 Å². The zero-order chi connectivity index (χ0) is 11.0. The van der Waals surface area contributed by atoms with Crippen molar-refractivity contribution in [1.29, 1.82) is 0 Å². The molecule has 1 fully saturated rings. The van der Waals surface area contributed by atoms with Crippen molar-refractivity contribution in [2.45, 2.75) is 31.8 Å². The van der Waals surface area contributed by atoms with Crippen LogP contribution in [0.3, 0.4) is 0 Å². The summed E-state index contributed by atoms with van der Waals surface area (Å²) in [5.41, 5.74) is 4.03. The molecule has 2 aliphatic rings. The minimum atomic E-state index is 0.588. The average Bonchev–Trinajstić information content (AvgIpc) is 2.69. The van der Waals surface area contributed by atoms with Gasteiger partial charge in [0.2, 0.25) is 0 Å². The molecule has 3 heterocycles. The Hall–Kier alpha value is -0.870. The van der Waals surface area contributed by atoms with Crippen molar-refractivity contribution < 1.29 is 4.74 Å². The van der Waals surface area contributed by atoms with Crippen molar-refractivity contribution in [3.8, 4) is 0 Å². The molecule has 0 aliphatic carbocycles. The highest BCUT2D eigenvalue weighted by Crippen LogP contribution is 2.29. The highest BCUT2D eigenvalue weighted by Gasteiger charge is 2.26. The summed E-state index contributed by atoms with van der Waals surface area (Å²) in [7, 11) is 2.06. The summed E-state index contributed by atoms with van der Waals surface area (Å²) in [5.74, 6) is 0.588. The van der Waals surface area contributed by atoms with Crippen LogP contribution in [0.1, 0.15) is 35.7 Å². The molecule has 4 nitrogen and oxygen atoms in total. The van der Waals surface area contributed by atoms with Crippen molar-refractivity contribution >= 4 is 0 Å². The molecule has 88 valence electrons. The van der Waals surface area contributed by atoms with Crippen LogP contribution in [0.4, 0.5) is 0 Å². The van der Waals surface area contributed by atoms with Crippen LogP contribution < -0.4 is 5.32 Å². The SMILES string of the molecule is Cn1nc(C2CCCNC2)c2c1CCOC2. The van der Waals surface area contributed by atoms with Crippen LogP contribution in [0.5, 0.6) is 0 Å². The monoisotopic (exact) mass is 221 g/mol. The van der Waals surface area contributed by atoms with Gasteiger partial charge in [-0.25, -0.2) is 0 Å². The Kier molecular flexibility index (Phi) is 2.69. The second kappa shape index (κ2) is 4.18. The third-order valence-electron chi connectivity index (χ3n) is 3.72. The van der Waals surface area contributed by atoms with E-state index in [1.807, 2.05) is 0 Å². The number of nitrogens with one attached hydrogen (secondary N) is 1. The van der Waals surface area contributed by atoms with Crippen LogP contribution in [0.25, 0.3) is 0 Å². The van der Waals surface area contributed by atoms with Crippen LogP contribution in [-0.2, 0) is 24.8 Å². The summed E-state index contributed by atoms with van der Waals surface area (Å²) in [4.78, 5) is 0. The zero-order valence-electron chi connectivity index (χ0n) is 9.83. The van der Waals surface area contributed by atoms with Crippen molar-refractivity contribution in [3.63, 3.8) is 0 Å². The van der Waals surface area contributed by atoms with Gasteiger partial charge < -0.3 is 10.1 Å². The number of nitrogens with zero attached hydrogens (tertiary/aromatic N) is 2. The number of hydrogen-bond acceptors (Lipinski definition) is 3. The molecule has 0 aromatic carbocycles. The van der Waals surface area contributed by atoms with Gasteiger partial charge in [0.05, 0.1) is 18.9 Å². The van der Waals surface area contributed by atoms with E-state index < -0.39 is 0 Å². The lowest BCUT2D eigenvalue weighted by molar-refractivity contribution is 0.108. The van der Waals surface area contributed by atoms with Gasteiger partial charge in [-0.3, -0.25) is 4.68 Å². The van der Waals surface area contributed by atoms with E-state index in [9.17, 15) is 0 Å². The van der Waals surface area contributed by atoms with Gasteiger partial charge >= 0.3 is 0 Å². The topological polar surface area (TPSA) is 39.1 Å². The maximum absolute atomic E-state index is 5.57. The van der Waals surface area contributed by atoms with Gasteiger partial charge in [0.1, 0.15) is 0 Å². The van der Waals surface area contributed by atoms with E-state index in [0.29, 0.717) is 5.92 Å². The van der Waals surface area contributed by atoms with Gasteiger partial charge in [-0.2, -0.15) is 5.10 Å². The first-order valence-corrected chi connectivity index (χ1v) is 6.19. The smallest absolute Gasteiger partial charge is 0.0753 e. The third-order valence-corrected chi connectivity index (χ3v) is 3.72. The van der Waals surface area contributed by atoms with Crippen LogP contribution in [0.15, 0.2) is 0 Å². The predicted octanol–water partition coefficient (Wildman–Crippen LogP) is 0.960. The number of hydrogen-bond donors (Lipinski definition) is 1. The van der Waals surface area contributed by atoms with Gasteiger partial charge in [-0.15, -0.1) is 0 Å². The fourth-order valence-corrected chi connectivity index (χ4v) is 2.85. The third kappa shape index (κ3) is 1.66. The standard InChI is InChI=1S/C12H19N3O/c1-15-11-4-6-16-8-10(11)12(14-15)9-3-2-5-13-7-9/h9,13H,2-8H2,1H3. The minimum absolute atomic E-state index is 0.588. The highest BCUT2D eigenvalue weighted by molar-refractivity contribution is 5.30. The Morgan fingerprint density at radius 1 is 1.50 bits per heavy atom. The summed E-state index contributed by atoms with van der Waals surface area (Å²) >= 11 is 0. The van der Waals surface area contributed by atoms with Crippen LogP contribution >= 0.6 is 0 Å². The molecule has 4 heteroatoms. The molecular formula is C12H19N3O. The number of fused-ring (bicyclic) bond motifs is 1. The van der Waals surface area contributed by atoms with E-state index in [0.717, 1.165) is 32.7 Å². The number of ether oxygens (including phenoxy) is 1. The lowest BCUT2D eigenvalue weighted by atomic mass is 9.92. The second-order valence-electron chi connectivity index (χ2n) is 4.78. The first-order chi connectivity index (χ1) is 7.86. The van der Waals surface area contributed by atoms with Gasteiger partial charge in [0, 0.05) is 37.2 Å². The Labute approximate surface area is 96.0 Å². The van der Waals surface area contributed by atoms with Gasteiger partial charge in [0.15, 0.2) is 0 Å². The summed E-state index contributed by atoms with van der Waals surface area (Å²) in [6.07, 6.45) is 3.53. The highest BCUT2D eigenvalue weighted by atomic mass is 16.5. The second-order valence-corrected chi connectivity index (χ2v) is 4.78. The van der Waals surface area contributed by atoms with Gasteiger partial charge in [0.25, 0.3) is 0 Å². The largest absolute Gasteiger partial charge is 0.376 e. The molecule has 0 spiro atoms. The van der Waals surface area contributed by atoms with Crippen LogP contribution in [-0.4, -0.2) is 29.5 Å². The number of rotatable bonds is 1. The normalized spacial score (nSPS) is 25.4. The molecule has 2 aliphatic heterocycles. The maximum atomic E-state index is 5.57. The molecule has 1 aromatic heterocycles. The Morgan fingerprint density at radius 3 is 3.25 bits per heavy atom. The molecule has 0 amide bonds. The molecule has 0 bridgehead atoms. The van der Waals surface area contributed by atoms with E-state index in [1.165, 1.54) is 29.8 Å². The van der Waals surface area contributed by atoms with Crippen molar-refractivity contribution in [1.82, 2.24) is 15.1 Å². The summed E-state index contributed by atoms with van der Waals surface area (Å²) in [6, 6.07) is 0. The molecule has 1 N–H and O–H groups in total. The fraction of sp³-hybridized carbons (Fsp3) is 0.750. The molecule has 0 radical (unpaired) electrons. The lowest BCUT2D eigenvalue weighted by Crippen LogP contribution is -2.29. The van der Waals surface area contributed by atoms with Gasteiger partial charge in [-0.05, 0) is 19.4 Å². The van der Waals surface area contributed by atoms with Crippen molar-refractivity contribution in [2.75, 3.05) is 19.7 Å². The van der Waals surface area contributed by atoms with Crippen LogP contribution in [0, 0.1) is 0 Å². The first-order valence-electron chi connectivity index (χ1n) is 6.19. The summed E-state index contributed by atoms with van der Waals surface area (Å²) < 4.78 is 7.62. The molecule has 1 saturated heterocycles. The minimum Gasteiger partial charge on any atom is -0.376 e. The maximum Gasteiger partial charge on any atom is 0.0753 e. The van der Waals surface area contributed by atoms with E-state index in [-0.39, 0.29) is 0 Å². The summed E-state index contributed by atoms with van der Waals surface area (Å²) in [5, 5.41) is 8.17. The quantitative estimate of drug-likeness (QED) is 0.767. The van der Waals surface area contributed by atoms with E-state index in [1.54, 1.807) is 0 Å². The zero-order valence-corrected chi connectivity index (χ0v) is 9.83. The van der Waals surface area contributed by atoms with Gasteiger partial charge in [-0.1, -0.05) is 0 Å². The molecular weight excluding hydrogens is 202 g/mol. The van der Waals surface area contributed by atoms with E-state index >= 15 is 0 Å². The molecule has 1 unspecified atom stereocenters. The number of aryl methyl sites for hydroxylation is 1. The molecule has 3 rings (SSSR count). The van der Waals surface area contributed by atoms with E-state index in [4.69, 9.17) is 9.84 Å². The van der Waals surface area contributed by atoms with Crippen molar-refractivity contribution in [3.05, 3.63) is 17.0 Å². The Morgan fingerprint density at radius 2 is 2.44 bits per heavy atom. The Bertz CT molecular complexity index is 380. The molecule has 16 heavy (non-hydrogen) atoms. The molecule has 0 saturated carbocycles. The Balaban J connectivity index is 1.93. The lowest BCUT2D eigenvalue weighted by Gasteiger charge is -2.23. The average molecular weight is 221 g/mol. The van der Waals surface area contributed by atoms with Crippen molar-refractivity contribution in [2.24, 2.45) is 7.05 Å². The van der Waals surface area contributed by atoms with Crippen LogP contribution in [0.2, 0.25) is 0 Å². The molecule has 1 aromatic rings. The molecule has 1 atom stereocenters. The number of piperidine rings is 1. The predicted molar refractivity (Wildman–Crippen MR) is 61.4 cm³/mol. The first kappa shape index (κ1) is 10.3.